The highest BCUT2D eigenvalue weighted by atomic mass is 32.2. The maximum Gasteiger partial charge on any atom is 0.297 e. The Morgan fingerprint density at radius 2 is 1.81 bits per heavy atom. The second kappa shape index (κ2) is 8.60. The summed E-state index contributed by atoms with van der Waals surface area (Å²) in [6.07, 6.45) is 6.34. The van der Waals surface area contributed by atoms with Gasteiger partial charge in [0.1, 0.15) is 0 Å². The maximum absolute atomic E-state index is 12.4. The molecule has 1 heterocycles. The number of rotatable bonds is 6. The molecule has 1 unspecified atom stereocenters. The van der Waals surface area contributed by atoms with Crippen LogP contribution >= 0.6 is 0 Å². The molecule has 5 nitrogen and oxygen atoms in total. The minimum Gasteiger partial charge on any atom is -0.373 e. The molecule has 6 heteroatoms. The van der Waals surface area contributed by atoms with Crippen LogP contribution in [-0.4, -0.2) is 51.3 Å². The van der Waals surface area contributed by atoms with Crippen LogP contribution in [0.5, 0.6) is 0 Å². The predicted octanol–water partition coefficient (Wildman–Crippen LogP) is 3.76. The monoisotopic (exact) mass is 395 g/mol. The summed E-state index contributed by atoms with van der Waals surface area (Å²) in [5.41, 5.74) is 1.13. The van der Waals surface area contributed by atoms with Crippen LogP contribution in [0.1, 0.15) is 51.5 Å². The van der Waals surface area contributed by atoms with Crippen molar-refractivity contribution in [1.82, 2.24) is 4.90 Å². The number of aryl methyl sites for hydroxylation is 1. The molecule has 0 spiro atoms. The van der Waals surface area contributed by atoms with Crippen LogP contribution in [0.3, 0.4) is 0 Å². The van der Waals surface area contributed by atoms with Gasteiger partial charge >= 0.3 is 0 Å². The van der Waals surface area contributed by atoms with Crippen LogP contribution in [0.25, 0.3) is 0 Å². The molecule has 1 saturated heterocycles. The fraction of sp³-hybridized carbons (Fsp3) is 0.714. The molecule has 3 rings (SSSR count). The molecule has 1 aromatic rings. The molecule has 27 heavy (non-hydrogen) atoms. The van der Waals surface area contributed by atoms with Crippen LogP contribution in [0, 0.1) is 12.8 Å². The van der Waals surface area contributed by atoms with Crippen molar-refractivity contribution in [2.45, 2.75) is 69.4 Å². The van der Waals surface area contributed by atoms with E-state index in [0.717, 1.165) is 12.1 Å². The molecule has 2 aliphatic rings. The van der Waals surface area contributed by atoms with Crippen molar-refractivity contribution in [3.8, 4) is 0 Å². The Kier molecular flexibility index (Phi) is 6.62. The number of ether oxygens (including phenoxy) is 1. The van der Waals surface area contributed by atoms with Crippen molar-refractivity contribution in [3.63, 3.8) is 0 Å². The van der Waals surface area contributed by atoms with E-state index in [-0.39, 0.29) is 23.1 Å². The summed E-state index contributed by atoms with van der Waals surface area (Å²) in [6.45, 7) is 8.88. The van der Waals surface area contributed by atoms with E-state index < -0.39 is 10.1 Å². The number of hydrogen-bond donors (Lipinski definition) is 0. The molecule has 0 bridgehead atoms. The zero-order valence-electron chi connectivity index (χ0n) is 16.8. The maximum atomic E-state index is 12.4. The summed E-state index contributed by atoms with van der Waals surface area (Å²) in [6, 6.07) is 6.74. The molecule has 1 aliphatic carbocycles. The Labute approximate surface area is 164 Å². The molecule has 0 amide bonds. The van der Waals surface area contributed by atoms with E-state index in [1.807, 2.05) is 6.92 Å². The topological polar surface area (TPSA) is 55.8 Å². The minimum atomic E-state index is -3.75. The Hall–Kier alpha value is -0.950. The van der Waals surface area contributed by atoms with Crippen molar-refractivity contribution in [1.29, 1.82) is 0 Å². The molecule has 1 aromatic carbocycles. The van der Waals surface area contributed by atoms with Crippen LogP contribution in [0.15, 0.2) is 29.2 Å². The van der Waals surface area contributed by atoms with E-state index >= 15 is 0 Å². The van der Waals surface area contributed by atoms with Crippen LogP contribution in [0.4, 0.5) is 0 Å². The SMILES string of the molecule is Cc1ccc(S(=O)(=O)OCC2CN(C(C)(C)C3CCCCC3)CCO2)cc1. The highest BCUT2D eigenvalue weighted by Crippen LogP contribution is 2.37. The smallest absolute Gasteiger partial charge is 0.297 e. The lowest BCUT2D eigenvalue weighted by atomic mass is 9.75. The van der Waals surface area contributed by atoms with Gasteiger partial charge in [-0.3, -0.25) is 9.08 Å². The van der Waals surface area contributed by atoms with Crippen molar-refractivity contribution < 1.29 is 17.3 Å². The van der Waals surface area contributed by atoms with Crippen molar-refractivity contribution in [2.24, 2.45) is 5.92 Å². The first-order valence-corrected chi connectivity index (χ1v) is 11.5. The van der Waals surface area contributed by atoms with Gasteiger partial charge in [-0.15, -0.1) is 0 Å². The largest absolute Gasteiger partial charge is 0.373 e. The van der Waals surface area contributed by atoms with E-state index in [1.165, 1.54) is 32.1 Å². The normalized spacial score (nSPS) is 23.4. The van der Waals surface area contributed by atoms with E-state index in [9.17, 15) is 8.42 Å². The first-order valence-electron chi connectivity index (χ1n) is 10.1. The van der Waals surface area contributed by atoms with Gasteiger partial charge in [-0.2, -0.15) is 8.42 Å². The average Bonchev–Trinajstić information content (AvgIpc) is 2.68. The summed E-state index contributed by atoms with van der Waals surface area (Å²) >= 11 is 0. The molecular weight excluding hydrogens is 362 g/mol. The highest BCUT2D eigenvalue weighted by molar-refractivity contribution is 7.86. The molecule has 0 N–H and O–H groups in total. The van der Waals surface area contributed by atoms with Gasteiger partial charge in [0, 0.05) is 18.6 Å². The highest BCUT2D eigenvalue weighted by Gasteiger charge is 2.38. The second-order valence-corrected chi connectivity index (χ2v) is 10.1. The third-order valence-electron chi connectivity index (χ3n) is 6.28. The van der Waals surface area contributed by atoms with E-state index in [1.54, 1.807) is 24.3 Å². The summed E-state index contributed by atoms with van der Waals surface area (Å²) in [7, 11) is -3.75. The van der Waals surface area contributed by atoms with Gasteiger partial charge in [0.25, 0.3) is 10.1 Å². The third-order valence-corrected chi connectivity index (χ3v) is 7.57. The van der Waals surface area contributed by atoms with Gasteiger partial charge in [-0.1, -0.05) is 37.0 Å². The van der Waals surface area contributed by atoms with Gasteiger partial charge in [0.05, 0.1) is 24.2 Å². The zero-order valence-corrected chi connectivity index (χ0v) is 17.6. The average molecular weight is 396 g/mol. The second-order valence-electron chi connectivity index (χ2n) is 8.48. The Morgan fingerprint density at radius 3 is 2.48 bits per heavy atom. The standard InChI is InChI=1S/C21H33NO4S/c1-17-9-11-20(12-10-17)27(23,24)26-16-19-15-22(13-14-25-19)21(2,3)18-7-5-4-6-8-18/h9-12,18-19H,4-8,13-16H2,1-3H3. The van der Waals surface area contributed by atoms with Crippen LogP contribution in [0.2, 0.25) is 0 Å². The predicted molar refractivity (Wildman–Crippen MR) is 106 cm³/mol. The Balaban J connectivity index is 1.58. The lowest BCUT2D eigenvalue weighted by molar-refractivity contribution is -0.0909. The number of benzene rings is 1. The number of nitrogens with zero attached hydrogens (tertiary/aromatic N) is 1. The van der Waals surface area contributed by atoms with Crippen molar-refractivity contribution in [2.75, 3.05) is 26.3 Å². The van der Waals surface area contributed by atoms with E-state index in [0.29, 0.717) is 19.1 Å². The number of hydrogen-bond acceptors (Lipinski definition) is 5. The molecule has 152 valence electrons. The quantitative estimate of drug-likeness (QED) is 0.687. The molecule has 0 aromatic heterocycles. The first kappa shape index (κ1) is 20.8. The Bertz CT molecular complexity index is 708. The molecule has 1 atom stereocenters. The van der Waals surface area contributed by atoms with Gasteiger partial charge in [-0.05, 0) is 51.7 Å². The summed E-state index contributed by atoms with van der Waals surface area (Å²) in [5, 5.41) is 0. The van der Waals surface area contributed by atoms with E-state index in [4.69, 9.17) is 8.92 Å². The first-order chi connectivity index (χ1) is 12.8. The lowest BCUT2D eigenvalue weighted by Gasteiger charge is -2.48. The number of morpholine rings is 1. The minimum absolute atomic E-state index is 0.0630. The molecular formula is C21H33NO4S. The van der Waals surface area contributed by atoms with Crippen LogP contribution in [-0.2, 0) is 19.0 Å². The van der Waals surface area contributed by atoms with Gasteiger partial charge in [0.15, 0.2) is 0 Å². The summed E-state index contributed by atoms with van der Waals surface area (Å²) in [5.74, 6) is 0.696. The summed E-state index contributed by atoms with van der Waals surface area (Å²) in [4.78, 5) is 2.67. The third kappa shape index (κ3) is 5.11. The van der Waals surface area contributed by atoms with Gasteiger partial charge < -0.3 is 4.74 Å². The zero-order chi connectivity index (χ0) is 19.5. The van der Waals surface area contributed by atoms with Crippen molar-refractivity contribution in [3.05, 3.63) is 29.8 Å². The molecule has 1 saturated carbocycles. The molecule has 0 radical (unpaired) electrons. The fourth-order valence-electron chi connectivity index (χ4n) is 4.35. The summed E-state index contributed by atoms with van der Waals surface area (Å²) < 4.78 is 36.0. The Morgan fingerprint density at radius 1 is 1.15 bits per heavy atom. The fourth-order valence-corrected chi connectivity index (χ4v) is 5.29. The van der Waals surface area contributed by atoms with E-state index in [2.05, 4.69) is 18.7 Å². The van der Waals surface area contributed by atoms with Gasteiger partial charge in [0.2, 0.25) is 0 Å². The molecule has 2 fully saturated rings. The van der Waals surface area contributed by atoms with Crippen LogP contribution < -0.4 is 0 Å². The lowest BCUT2D eigenvalue weighted by Crippen LogP contribution is -2.57. The molecule has 1 aliphatic heterocycles. The van der Waals surface area contributed by atoms with Crippen molar-refractivity contribution >= 4 is 10.1 Å². The van der Waals surface area contributed by atoms with Gasteiger partial charge in [-0.25, -0.2) is 0 Å².